The van der Waals surface area contributed by atoms with Crippen LogP contribution in [0.25, 0.3) is 17.1 Å². The number of aliphatic hydroxyl groups excluding tert-OH is 1. The maximum absolute atomic E-state index is 10.0. The van der Waals surface area contributed by atoms with Gasteiger partial charge in [-0.1, -0.05) is 28.1 Å². The van der Waals surface area contributed by atoms with Crippen molar-refractivity contribution < 1.29 is 5.11 Å². The highest BCUT2D eigenvalue weighted by atomic mass is 79.9. The zero-order valence-electron chi connectivity index (χ0n) is 10.9. The predicted molar refractivity (Wildman–Crippen MR) is 80.3 cm³/mol. The van der Waals surface area contributed by atoms with E-state index in [0.717, 1.165) is 6.42 Å². The van der Waals surface area contributed by atoms with Gasteiger partial charge in [-0.15, -0.1) is 5.10 Å². The van der Waals surface area contributed by atoms with Crippen molar-refractivity contribution in [3.8, 4) is 11.5 Å². The summed E-state index contributed by atoms with van der Waals surface area (Å²) in [6, 6.07) is 5.60. The largest absolute Gasteiger partial charge is 0.508 e. The van der Waals surface area contributed by atoms with Crippen LogP contribution in [0, 0.1) is 0 Å². The lowest BCUT2D eigenvalue weighted by Crippen LogP contribution is -2.07. The molecule has 0 spiro atoms. The minimum Gasteiger partial charge on any atom is -0.508 e. The summed E-state index contributed by atoms with van der Waals surface area (Å²) in [5, 5.41) is 14.4. The van der Waals surface area contributed by atoms with E-state index in [1.807, 2.05) is 24.3 Å². The Labute approximate surface area is 124 Å². The molecule has 0 radical (unpaired) electrons. The van der Waals surface area contributed by atoms with E-state index in [1.165, 1.54) is 0 Å². The molecule has 2 heterocycles. The van der Waals surface area contributed by atoms with Crippen LogP contribution in [0.1, 0.15) is 12.2 Å². The zero-order valence-corrected chi connectivity index (χ0v) is 12.4. The molecule has 0 bridgehead atoms. The molecule has 0 saturated carbocycles. The molecule has 1 aliphatic carbocycles. The van der Waals surface area contributed by atoms with Crippen molar-refractivity contribution in [1.82, 2.24) is 19.7 Å². The number of alkyl halides is 1. The molecule has 0 aromatic carbocycles. The number of nitrogens with zero attached hydrogens (tertiary/aromatic N) is 4. The Hall–Kier alpha value is -1.95. The molecule has 1 N–H and O–H groups in total. The predicted octanol–water partition coefficient (Wildman–Crippen LogP) is 2.87. The van der Waals surface area contributed by atoms with Crippen LogP contribution in [0.3, 0.4) is 0 Å². The molecule has 0 amide bonds. The fraction of sp³-hybridized carbons (Fsp3) is 0.214. The minimum absolute atomic E-state index is 0.198. The Kier molecular flexibility index (Phi) is 3.40. The normalized spacial score (nSPS) is 18.6. The lowest BCUT2D eigenvalue weighted by atomic mass is 10.0. The van der Waals surface area contributed by atoms with Crippen molar-refractivity contribution in [1.29, 1.82) is 0 Å². The third kappa shape index (κ3) is 2.38. The molecule has 1 aliphatic rings. The van der Waals surface area contributed by atoms with Crippen LogP contribution < -0.4 is 0 Å². The number of hydrogen-bond donors (Lipinski definition) is 1. The molecule has 0 saturated heterocycles. The highest BCUT2D eigenvalue weighted by molar-refractivity contribution is 9.09. The van der Waals surface area contributed by atoms with E-state index in [2.05, 4.69) is 31.0 Å². The lowest BCUT2D eigenvalue weighted by Gasteiger charge is -2.13. The standard InChI is InChI=1S/C14H13BrN4O/c1-19-14(10-8-9(15)5-6-12(10)20)17-13(18-19)11-4-2-3-7-16-11/h2-4,6-9,20H,5H2,1H3. The Morgan fingerprint density at radius 1 is 1.40 bits per heavy atom. The fourth-order valence-electron chi connectivity index (χ4n) is 2.08. The van der Waals surface area contributed by atoms with Crippen LogP contribution >= 0.6 is 15.9 Å². The quantitative estimate of drug-likeness (QED) is 0.859. The second-order valence-corrected chi connectivity index (χ2v) is 5.70. The summed E-state index contributed by atoms with van der Waals surface area (Å²) in [5.74, 6) is 1.42. The van der Waals surface area contributed by atoms with Crippen LogP contribution in [0.5, 0.6) is 0 Å². The Bertz CT molecular complexity index is 690. The summed E-state index contributed by atoms with van der Waals surface area (Å²) in [4.78, 5) is 8.92. The lowest BCUT2D eigenvalue weighted by molar-refractivity contribution is 0.431. The molecule has 3 rings (SSSR count). The van der Waals surface area contributed by atoms with E-state index in [9.17, 15) is 5.11 Å². The number of rotatable bonds is 2. The first kappa shape index (κ1) is 13.1. The molecule has 6 heteroatoms. The second kappa shape index (κ2) is 5.20. The van der Waals surface area contributed by atoms with Gasteiger partial charge in [-0.2, -0.15) is 0 Å². The average molecular weight is 333 g/mol. The van der Waals surface area contributed by atoms with E-state index in [0.29, 0.717) is 22.9 Å². The van der Waals surface area contributed by atoms with Crippen molar-refractivity contribution >= 4 is 21.5 Å². The van der Waals surface area contributed by atoms with Crippen molar-refractivity contribution in [2.75, 3.05) is 0 Å². The third-order valence-corrected chi connectivity index (χ3v) is 3.70. The topological polar surface area (TPSA) is 63.8 Å². The number of aryl methyl sites for hydroxylation is 1. The third-order valence-electron chi connectivity index (χ3n) is 3.06. The molecule has 0 fully saturated rings. The summed E-state index contributed by atoms with van der Waals surface area (Å²) >= 11 is 3.53. The van der Waals surface area contributed by atoms with Gasteiger partial charge in [0.05, 0.1) is 5.57 Å². The minimum atomic E-state index is 0.198. The summed E-state index contributed by atoms with van der Waals surface area (Å²) in [6.45, 7) is 0. The number of aliphatic hydroxyl groups is 1. The maximum Gasteiger partial charge on any atom is 0.200 e. The number of hydrogen-bond acceptors (Lipinski definition) is 4. The fourth-order valence-corrected chi connectivity index (χ4v) is 2.53. The molecule has 102 valence electrons. The Balaban J connectivity index is 2.04. The summed E-state index contributed by atoms with van der Waals surface area (Å²) in [7, 11) is 1.81. The van der Waals surface area contributed by atoms with Gasteiger partial charge in [0.25, 0.3) is 0 Å². The van der Waals surface area contributed by atoms with Gasteiger partial charge >= 0.3 is 0 Å². The molecule has 1 unspecified atom stereocenters. The van der Waals surface area contributed by atoms with Crippen LogP contribution in [0.15, 0.2) is 42.3 Å². The van der Waals surface area contributed by atoms with E-state index in [-0.39, 0.29) is 10.6 Å². The average Bonchev–Trinajstić information content (AvgIpc) is 2.84. The molecular weight excluding hydrogens is 320 g/mol. The monoisotopic (exact) mass is 332 g/mol. The molecular formula is C14H13BrN4O. The van der Waals surface area contributed by atoms with Gasteiger partial charge in [-0.3, -0.25) is 4.98 Å². The van der Waals surface area contributed by atoms with Crippen LogP contribution in [0.2, 0.25) is 0 Å². The van der Waals surface area contributed by atoms with Crippen molar-refractivity contribution in [2.24, 2.45) is 7.05 Å². The first-order chi connectivity index (χ1) is 9.65. The summed E-state index contributed by atoms with van der Waals surface area (Å²) in [5.41, 5.74) is 1.40. The van der Waals surface area contributed by atoms with Gasteiger partial charge in [-0.05, 0) is 24.6 Å². The number of halogens is 1. The van der Waals surface area contributed by atoms with Crippen LogP contribution in [0.4, 0.5) is 0 Å². The molecule has 2 aromatic heterocycles. The van der Waals surface area contributed by atoms with E-state index in [4.69, 9.17) is 0 Å². The van der Waals surface area contributed by atoms with E-state index in [1.54, 1.807) is 24.0 Å². The molecule has 1 atom stereocenters. The second-order valence-electron chi connectivity index (χ2n) is 4.52. The number of aromatic nitrogens is 4. The molecule has 20 heavy (non-hydrogen) atoms. The van der Waals surface area contributed by atoms with Gasteiger partial charge in [0.1, 0.15) is 11.5 Å². The first-order valence-electron chi connectivity index (χ1n) is 6.23. The van der Waals surface area contributed by atoms with E-state index < -0.39 is 0 Å². The SMILES string of the molecule is Cn1nc(-c2ccccn2)nc1C1=CC(Br)CC=C1O. The Morgan fingerprint density at radius 3 is 3.00 bits per heavy atom. The zero-order chi connectivity index (χ0) is 14.1. The molecule has 0 aliphatic heterocycles. The summed E-state index contributed by atoms with van der Waals surface area (Å²) < 4.78 is 1.66. The van der Waals surface area contributed by atoms with Gasteiger partial charge in [0, 0.05) is 18.1 Å². The van der Waals surface area contributed by atoms with Crippen molar-refractivity contribution in [2.45, 2.75) is 11.2 Å². The first-order valence-corrected chi connectivity index (χ1v) is 7.15. The Morgan fingerprint density at radius 2 is 2.25 bits per heavy atom. The van der Waals surface area contributed by atoms with Crippen LogP contribution in [-0.4, -0.2) is 29.7 Å². The van der Waals surface area contributed by atoms with E-state index >= 15 is 0 Å². The number of pyridine rings is 1. The highest BCUT2D eigenvalue weighted by Gasteiger charge is 2.20. The van der Waals surface area contributed by atoms with Gasteiger partial charge in [-0.25, -0.2) is 9.67 Å². The highest BCUT2D eigenvalue weighted by Crippen LogP contribution is 2.29. The summed E-state index contributed by atoms with van der Waals surface area (Å²) in [6.07, 6.45) is 6.20. The maximum atomic E-state index is 10.0. The van der Waals surface area contributed by atoms with Gasteiger partial charge in [0.2, 0.25) is 0 Å². The smallest absolute Gasteiger partial charge is 0.200 e. The molecule has 5 nitrogen and oxygen atoms in total. The van der Waals surface area contributed by atoms with Gasteiger partial charge < -0.3 is 5.11 Å². The van der Waals surface area contributed by atoms with Gasteiger partial charge in [0.15, 0.2) is 11.6 Å². The van der Waals surface area contributed by atoms with Crippen LogP contribution in [-0.2, 0) is 7.05 Å². The van der Waals surface area contributed by atoms with Crippen molar-refractivity contribution in [3.63, 3.8) is 0 Å². The molecule has 2 aromatic rings. The van der Waals surface area contributed by atoms with Crippen molar-refractivity contribution in [3.05, 3.63) is 48.1 Å². The number of allylic oxidation sites excluding steroid dienone is 3.